The molecule has 1 saturated heterocycles. The molecule has 8 nitrogen and oxygen atoms in total. The monoisotopic (exact) mass is 481 g/mol. The molecule has 178 valence electrons. The molecule has 1 aliphatic rings. The molecular formula is C25H27N3O5S. The Hall–Kier alpha value is -3.56. The molecule has 1 heterocycles. The summed E-state index contributed by atoms with van der Waals surface area (Å²) in [5.74, 6) is 0.578. The number of piperazine rings is 1. The van der Waals surface area contributed by atoms with Crippen molar-refractivity contribution in [1.82, 2.24) is 4.31 Å². The average Bonchev–Trinajstić information content (AvgIpc) is 2.89. The number of hydrogen-bond acceptors (Lipinski definition) is 6. The predicted octanol–water partition coefficient (Wildman–Crippen LogP) is 3.47. The number of nitrogens with one attached hydrogen (secondary N) is 1. The van der Waals surface area contributed by atoms with Gasteiger partial charge in [-0.05, 0) is 42.5 Å². The van der Waals surface area contributed by atoms with Crippen LogP contribution in [0.2, 0.25) is 0 Å². The van der Waals surface area contributed by atoms with E-state index in [0.717, 1.165) is 5.69 Å². The molecule has 0 atom stereocenters. The van der Waals surface area contributed by atoms with Crippen LogP contribution in [0.4, 0.5) is 11.4 Å². The molecule has 0 aliphatic carbocycles. The van der Waals surface area contributed by atoms with E-state index in [1.807, 2.05) is 30.3 Å². The number of para-hydroxylation sites is 1. The lowest BCUT2D eigenvalue weighted by Gasteiger charge is -2.35. The largest absolute Gasteiger partial charge is 0.497 e. The van der Waals surface area contributed by atoms with Crippen LogP contribution in [0.3, 0.4) is 0 Å². The third kappa shape index (κ3) is 5.00. The molecule has 34 heavy (non-hydrogen) atoms. The number of ether oxygens (including phenoxy) is 2. The highest BCUT2D eigenvalue weighted by molar-refractivity contribution is 7.89. The topological polar surface area (TPSA) is 88.2 Å². The van der Waals surface area contributed by atoms with E-state index in [0.29, 0.717) is 43.4 Å². The van der Waals surface area contributed by atoms with Crippen LogP contribution in [-0.2, 0) is 10.0 Å². The van der Waals surface area contributed by atoms with Crippen LogP contribution in [-0.4, -0.2) is 59.0 Å². The van der Waals surface area contributed by atoms with Gasteiger partial charge in [0.15, 0.2) is 0 Å². The first-order valence-electron chi connectivity index (χ1n) is 10.9. The van der Waals surface area contributed by atoms with Gasteiger partial charge in [-0.15, -0.1) is 0 Å². The molecule has 9 heteroatoms. The van der Waals surface area contributed by atoms with Crippen molar-refractivity contribution in [3.05, 3.63) is 78.4 Å². The van der Waals surface area contributed by atoms with Crippen LogP contribution >= 0.6 is 0 Å². The van der Waals surface area contributed by atoms with Crippen LogP contribution in [0.1, 0.15) is 10.4 Å². The van der Waals surface area contributed by atoms with Gasteiger partial charge in [-0.1, -0.05) is 24.3 Å². The van der Waals surface area contributed by atoms with E-state index in [9.17, 15) is 13.2 Å². The zero-order valence-electron chi connectivity index (χ0n) is 19.1. The van der Waals surface area contributed by atoms with Crippen molar-refractivity contribution in [2.45, 2.75) is 4.90 Å². The van der Waals surface area contributed by atoms with Crippen LogP contribution in [0.15, 0.2) is 77.7 Å². The van der Waals surface area contributed by atoms with Gasteiger partial charge in [0, 0.05) is 43.5 Å². The Balaban J connectivity index is 1.49. The van der Waals surface area contributed by atoms with Crippen molar-refractivity contribution < 1.29 is 22.7 Å². The second-order valence-corrected chi connectivity index (χ2v) is 9.71. The van der Waals surface area contributed by atoms with Crippen LogP contribution < -0.4 is 19.7 Å². The molecule has 0 unspecified atom stereocenters. The van der Waals surface area contributed by atoms with Crippen LogP contribution in [0.25, 0.3) is 0 Å². The number of anilines is 2. The number of carbonyl (C=O) groups is 1. The second kappa shape index (κ2) is 10.1. The van der Waals surface area contributed by atoms with Crippen molar-refractivity contribution in [1.29, 1.82) is 0 Å². The highest BCUT2D eigenvalue weighted by Gasteiger charge is 2.29. The van der Waals surface area contributed by atoms with Gasteiger partial charge in [0.1, 0.15) is 11.5 Å². The SMILES string of the molecule is COc1ccc(OC)c(NC(=O)c2cccc(S(=O)(=O)N3CCN(c4ccccc4)CC3)c2)c1. The number of hydrogen-bond donors (Lipinski definition) is 1. The Labute approximate surface area is 199 Å². The highest BCUT2D eigenvalue weighted by atomic mass is 32.2. The first-order valence-corrected chi connectivity index (χ1v) is 12.3. The lowest BCUT2D eigenvalue weighted by Crippen LogP contribution is -2.48. The molecule has 3 aromatic rings. The lowest BCUT2D eigenvalue weighted by molar-refractivity contribution is 0.102. The number of sulfonamides is 1. The summed E-state index contributed by atoms with van der Waals surface area (Å²) in [6, 6.07) is 21.0. The molecule has 0 spiro atoms. The van der Waals surface area contributed by atoms with Crippen LogP contribution in [0, 0.1) is 0 Å². The van der Waals surface area contributed by atoms with E-state index in [1.165, 1.54) is 30.7 Å². The van der Waals surface area contributed by atoms with E-state index < -0.39 is 15.9 Å². The number of benzene rings is 3. The maximum Gasteiger partial charge on any atom is 0.255 e. The predicted molar refractivity (Wildman–Crippen MR) is 131 cm³/mol. The smallest absolute Gasteiger partial charge is 0.255 e. The van der Waals surface area contributed by atoms with Crippen molar-refractivity contribution in [2.75, 3.05) is 50.6 Å². The van der Waals surface area contributed by atoms with Gasteiger partial charge in [-0.2, -0.15) is 4.31 Å². The van der Waals surface area contributed by atoms with Gasteiger partial charge in [0.05, 0.1) is 24.8 Å². The van der Waals surface area contributed by atoms with E-state index in [1.54, 1.807) is 30.3 Å². The van der Waals surface area contributed by atoms with E-state index in [-0.39, 0.29) is 10.5 Å². The molecule has 0 saturated carbocycles. The summed E-state index contributed by atoms with van der Waals surface area (Å²) in [5, 5.41) is 2.78. The first kappa shape index (κ1) is 23.6. The highest BCUT2D eigenvalue weighted by Crippen LogP contribution is 2.29. The quantitative estimate of drug-likeness (QED) is 0.556. The number of rotatable bonds is 7. The average molecular weight is 482 g/mol. The summed E-state index contributed by atoms with van der Waals surface area (Å²) in [6.45, 7) is 1.93. The van der Waals surface area contributed by atoms with Gasteiger partial charge < -0.3 is 19.7 Å². The molecule has 0 bridgehead atoms. The third-order valence-electron chi connectivity index (χ3n) is 5.75. The fraction of sp³-hybridized carbons (Fsp3) is 0.240. The molecule has 0 radical (unpaired) electrons. The minimum Gasteiger partial charge on any atom is -0.497 e. The minimum atomic E-state index is -3.74. The molecule has 0 aromatic heterocycles. The maximum absolute atomic E-state index is 13.3. The van der Waals surface area contributed by atoms with E-state index in [4.69, 9.17) is 9.47 Å². The molecule has 4 rings (SSSR count). The van der Waals surface area contributed by atoms with E-state index >= 15 is 0 Å². The Kier molecular flexibility index (Phi) is 7.04. The summed E-state index contributed by atoms with van der Waals surface area (Å²) in [4.78, 5) is 15.2. The standard InChI is InChI=1S/C25H27N3O5S/c1-32-21-11-12-24(33-2)23(18-21)26-25(29)19-7-6-10-22(17-19)34(30,31)28-15-13-27(14-16-28)20-8-4-3-5-9-20/h3-12,17-18H,13-16H2,1-2H3,(H,26,29). The molecular weight excluding hydrogens is 454 g/mol. The van der Waals surface area contributed by atoms with Gasteiger partial charge in [-0.3, -0.25) is 4.79 Å². The van der Waals surface area contributed by atoms with Crippen molar-refractivity contribution in [3.63, 3.8) is 0 Å². The summed E-state index contributed by atoms with van der Waals surface area (Å²) in [7, 11) is -0.707. The zero-order valence-corrected chi connectivity index (χ0v) is 19.9. The van der Waals surface area contributed by atoms with E-state index in [2.05, 4.69) is 10.2 Å². The summed E-state index contributed by atoms with van der Waals surface area (Å²) < 4.78 is 38.6. The lowest BCUT2D eigenvalue weighted by atomic mass is 10.2. The molecule has 1 amide bonds. The summed E-state index contributed by atoms with van der Waals surface area (Å²) in [6.07, 6.45) is 0. The molecule has 1 N–H and O–H groups in total. The molecule has 1 fully saturated rings. The Morgan fingerprint density at radius 1 is 0.853 bits per heavy atom. The van der Waals surface area contributed by atoms with Crippen LogP contribution in [0.5, 0.6) is 11.5 Å². The summed E-state index contributed by atoms with van der Waals surface area (Å²) in [5.41, 5.74) is 1.73. The number of nitrogens with zero attached hydrogens (tertiary/aromatic N) is 2. The Bertz CT molecular complexity index is 1260. The molecule has 1 aliphatic heterocycles. The third-order valence-corrected chi connectivity index (χ3v) is 7.64. The normalized spacial score (nSPS) is 14.5. The Morgan fingerprint density at radius 3 is 2.26 bits per heavy atom. The van der Waals surface area contributed by atoms with Gasteiger partial charge in [0.25, 0.3) is 5.91 Å². The maximum atomic E-state index is 13.3. The summed E-state index contributed by atoms with van der Waals surface area (Å²) >= 11 is 0. The first-order chi connectivity index (χ1) is 16.4. The zero-order chi connectivity index (χ0) is 24.1. The molecule has 3 aromatic carbocycles. The van der Waals surface area contributed by atoms with Crippen molar-refractivity contribution in [3.8, 4) is 11.5 Å². The number of amides is 1. The van der Waals surface area contributed by atoms with Crippen molar-refractivity contribution in [2.24, 2.45) is 0 Å². The fourth-order valence-corrected chi connectivity index (χ4v) is 5.35. The number of carbonyl (C=O) groups excluding carboxylic acids is 1. The second-order valence-electron chi connectivity index (χ2n) is 7.77. The number of methoxy groups -OCH3 is 2. The van der Waals surface area contributed by atoms with Gasteiger partial charge in [-0.25, -0.2) is 8.42 Å². The minimum absolute atomic E-state index is 0.0888. The van der Waals surface area contributed by atoms with Gasteiger partial charge >= 0.3 is 0 Å². The van der Waals surface area contributed by atoms with Gasteiger partial charge in [0.2, 0.25) is 10.0 Å². The fourth-order valence-electron chi connectivity index (χ4n) is 3.88. The Morgan fingerprint density at radius 2 is 1.59 bits per heavy atom. The van der Waals surface area contributed by atoms with Crippen molar-refractivity contribution >= 4 is 27.3 Å².